The van der Waals surface area contributed by atoms with Crippen LogP contribution >= 0.6 is 0 Å². The summed E-state index contributed by atoms with van der Waals surface area (Å²) in [5.74, 6) is -0.109. The number of aliphatic hydroxyl groups is 1. The van der Waals surface area contributed by atoms with Gasteiger partial charge in [0, 0.05) is 31.0 Å². The van der Waals surface area contributed by atoms with Crippen LogP contribution in [0.3, 0.4) is 0 Å². The van der Waals surface area contributed by atoms with Crippen LogP contribution in [0.5, 0.6) is 0 Å². The summed E-state index contributed by atoms with van der Waals surface area (Å²) < 4.78 is 15.7. The second-order valence-corrected chi connectivity index (χ2v) is 13.9. The number of para-hydroxylation sites is 2. The number of amides is 4. The van der Waals surface area contributed by atoms with Gasteiger partial charge in [-0.15, -0.1) is 0 Å². The van der Waals surface area contributed by atoms with Gasteiger partial charge in [0.25, 0.3) is 5.91 Å². The molecule has 0 saturated heterocycles. The second-order valence-electron chi connectivity index (χ2n) is 13.9. The van der Waals surface area contributed by atoms with Crippen LogP contribution in [0, 0.1) is 0 Å². The van der Waals surface area contributed by atoms with Crippen LogP contribution in [0.4, 0.5) is 43.7 Å². The number of benzene rings is 4. The summed E-state index contributed by atoms with van der Waals surface area (Å²) in [5, 5.41) is 13.1. The van der Waals surface area contributed by atoms with Gasteiger partial charge in [-0.2, -0.15) is 0 Å². The minimum Gasteiger partial charge on any atom is -0.447 e. The Kier molecular flexibility index (Phi) is 16.6. The molecule has 0 atom stereocenters. The highest BCUT2D eigenvalue weighted by Gasteiger charge is 2.27. The van der Waals surface area contributed by atoms with Crippen LogP contribution in [-0.4, -0.2) is 61.1 Å². The van der Waals surface area contributed by atoms with Gasteiger partial charge in [0.2, 0.25) is 5.91 Å². The van der Waals surface area contributed by atoms with E-state index in [-0.39, 0.29) is 37.2 Å². The Morgan fingerprint density at radius 3 is 1.37 bits per heavy atom. The molecule has 0 fully saturated rings. The van der Waals surface area contributed by atoms with E-state index in [0.717, 1.165) is 70.7 Å². The van der Waals surface area contributed by atoms with E-state index in [2.05, 4.69) is 16.7 Å². The quantitative estimate of drug-likeness (QED) is 0.160. The topological polar surface area (TPSA) is 147 Å². The smallest absolute Gasteiger partial charge is 0.411 e. The van der Waals surface area contributed by atoms with Crippen LogP contribution in [0.2, 0.25) is 0 Å². The summed E-state index contributed by atoms with van der Waals surface area (Å²) in [6, 6.07) is 27.2. The van der Waals surface area contributed by atoms with Crippen LogP contribution in [0.1, 0.15) is 77.1 Å². The largest absolute Gasteiger partial charge is 0.447 e. The highest BCUT2D eigenvalue weighted by Crippen LogP contribution is 2.39. The predicted molar refractivity (Wildman–Crippen MR) is 225 cm³/mol. The zero-order valence-corrected chi connectivity index (χ0v) is 34.1. The normalized spacial score (nSPS) is 12.5. The Morgan fingerprint density at radius 2 is 0.982 bits per heavy atom. The first-order valence-electron chi connectivity index (χ1n) is 19.6. The summed E-state index contributed by atoms with van der Waals surface area (Å²) in [6.45, 7) is 13.3. The molecule has 0 unspecified atom stereocenters. The van der Waals surface area contributed by atoms with Gasteiger partial charge in [-0.3, -0.25) is 30.0 Å². The van der Waals surface area contributed by atoms with Crippen molar-refractivity contribution in [2.24, 2.45) is 0 Å². The number of hydrogen-bond acceptors (Lipinski definition) is 8. The van der Waals surface area contributed by atoms with Crippen LogP contribution in [0.15, 0.2) is 84.9 Å². The maximum atomic E-state index is 13.0. The number of aliphatic hydroxyl groups excluding tert-OH is 1. The van der Waals surface area contributed by atoms with Gasteiger partial charge in [-0.25, -0.2) is 9.59 Å². The lowest BCUT2D eigenvalue weighted by atomic mass is 10.0. The molecule has 12 heteroatoms. The molecule has 0 radical (unpaired) electrons. The third kappa shape index (κ3) is 12.1. The molecule has 3 N–H and O–H groups in total. The van der Waals surface area contributed by atoms with E-state index < -0.39 is 12.2 Å². The van der Waals surface area contributed by atoms with Gasteiger partial charge >= 0.3 is 12.2 Å². The van der Waals surface area contributed by atoms with Gasteiger partial charge < -0.3 is 19.3 Å². The summed E-state index contributed by atoms with van der Waals surface area (Å²) >= 11 is 0. The highest BCUT2D eigenvalue weighted by molar-refractivity contribution is 6.04. The van der Waals surface area contributed by atoms with Crippen molar-refractivity contribution < 1.29 is 38.5 Å². The minimum atomic E-state index is -0.517. The predicted octanol–water partition coefficient (Wildman–Crippen LogP) is 9.26. The zero-order valence-electron chi connectivity index (χ0n) is 34.1. The minimum absolute atomic E-state index is 0.00266. The van der Waals surface area contributed by atoms with Crippen molar-refractivity contribution in [1.82, 2.24) is 0 Å². The van der Waals surface area contributed by atoms with Crippen LogP contribution in [0.25, 0.3) is 0 Å². The fourth-order valence-corrected chi connectivity index (χ4v) is 6.47. The molecule has 0 saturated carbocycles. The summed E-state index contributed by atoms with van der Waals surface area (Å²) in [5.41, 5.74) is 8.95. The molecular formula is C45H56N4O8. The Labute approximate surface area is 336 Å². The van der Waals surface area contributed by atoms with E-state index in [1.165, 1.54) is 0 Å². The van der Waals surface area contributed by atoms with Gasteiger partial charge in [0.15, 0.2) is 0 Å². The maximum Gasteiger partial charge on any atom is 0.411 e. The SMILES string of the molecule is CCC(=O)N1c2ccccc2CCc2ccc(NC(=O)OC(C)C)cc21.CCO.CCOCC(=O)N1c2ccccc2CCc2ccc(NC(=O)OC(C)C)cc21. The molecule has 2 aliphatic rings. The van der Waals surface area contributed by atoms with Gasteiger partial charge in [-0.05, 0) is 126 Å². The number of nitrogens with one attached hydrogen (secondary N) is 2. The molecule has 4 aromatic carbocycles. The number of carbonyl (C=O) groups is 4. The number of anilines is 6. The van der Waals surface area contributed by atoms with Crippen molar-refractivity contribution in [2.75, 3.05) is 40.3 Å². The third-order valence-electron chi connectivity index (χ3n) is 8.85. The van der Waals surface area contributed by atoms with Crippen molar-refractivity contribution in [1.29, 1.82) is 0 Å². The number of carbonyl (C=O) groups excluding carboxylic acids is 4. The Balaban J connectivity index is 0.000000237. The van der Waals surface area contributed by atoms with E-state index in [1.54, 1.807) is 44.4 Å². The molecule has 12 nitrogen and oxygen atoms in total. The van der Waals surface area contributed by atoms with E-state index >= 15 is 0 Å². The lowest BCUT2D eigenvalue weighted by molar-refractivity contribution is -0.122. The van der Waals surface area contributed by atoms with Gasteiger partial charge in [-0.1, -0.05) is 55.5 Å². The second kappa shape index (κ2) is 21.5. The average Bonchev–Trinajstić information content (AvgIpc) is 3.44. The Hall–Kier alpha value is -5.72. The lowest BCUT2D eigenvalue weighted by Gasteiger charge is -2.25. The number of fused-ring (bicyclic) bond motifs is 4. The molecule has 2 heterocycles. The summed E-state index contributed by atoms with van der Waals surface area (Å²) in [6.07, 6.45) is 2.35. The van der Waals surface area contributed by atoms with E-state index in [4.69, 9.17) is 19.3 Å². The number of hydrogen-bond donors (Lipinski definition) is 3. The van der Waals surface area contributed by atoms with Gasteiger partial charge in [0.05, 0.1) is 35.0 Å². The van der Waals surface area contributed by atoms with Crippen LogP contribution < -0.4 is 20.4 Å². The summed E-state index contributed by atoms with van der Waals surface area (Å²) in [7, 11) is 0. The molecule has 4 amide bonds. The van der Waals surface area contributed by atoms with Crippen molar-refractivity contribution in [2.45, 2.75) is 92.8 Å². The van der Waals surface area contributed by atoms with E-state index in [1.807, 2.05) is 92.7 Å². The van der Waals surface area contributed by atoms with Crippen molar-refractivity contribution in [3.8, 4) is 0 Å². The monoisotopic (exact) mass is 780 g/mol. The molecule has 4 aromatic rings. The van der Waals surface area contributed by atoms with E-state index in [0.29, 0.717) is 24.4 Å². The number of aryl methyl sites for hydroxylation is 4. The first-order valence-corrected chi connectivity index (χ1v) is 19.6. The molecule has 0 aliphatic carbocycles. The fraction of sp³-hybridized carbons (Fsp3) is 0.378. The first-order chi connectivity index (χ1) is 27.4. The third-order valence-corrected chi connectivity index (χ3v) is 8.85. The summed E-state index contributed by atoms with van der Waals surface area (Å²) in [4.78, 5) is 53.1. The van der Waals surface area contributed by atoms with Crippen LogP contribution in [-0.2, 0) is 49.5 Å². The number of ether oxygens (including phenoxy) is 3. The number of nitrogens with zero attached hydrogens (tertiary/aromatic N) is 2. The Bertz CT molecular complexity index is 2000. The molecule has 304 valence electrons. The molecule has 0 bridgehead atoms. The van der Waals surface area contributed by atoms with Crippen molar-refractivity contribution >= 4 is 58.1 Å². The first kappa shape index (κ1) is 44.0. The fourth-order valence-electron chi connectivity index (χ4n) is 6.47. The molecule has 0 spiro atoms. The molecule has 57 heavy (non-hydrogen) atoms. The van der Waals surface area contributed by atoms with Gasteiger partial charge in [0.1, 0.15) is 6.61 Å². The van der Waals surface area contributed by atoms with Crippen molar-refractivity contribution in [3.05, 3.63) is 107 Å². The van der Waals surface area contributed by atoms with E-state index in [9.17, 15) is 19.2 Å². The molecule has 2 aliphatic heterocycles. The Morgan fingerprint density at radius 1 is 0.596 bits per heavy atom. The zero-order chi connectivity index (χ0) is 41.5. The molecule has 6 rings (SSSR count). The molecule has 0 aromatic heterocycles. The standard InChI is InChI=1S/C22H26N2O4.C21H24N2O3.C2H6O/c1-4-27-14-21(25)24-19-8-6-5-7-16(19)9-10-17-11-12-18(13-20(17)24)23-22(26)28-15(2)3;1-4-20(24)23-18-8-6-5-7-15(18)9-10-16-11-12-17(13-19(16)23)22-21(25)26-14(2)3;1-2-3/h5-8,11-13,15H,4,9-10,14H2,1-3H3,(H,23,26);5-8,11-14H,4,9-10H2,1-3H3,(H,22,25);3H,2H2,1H3. The van der Waals surface area contributed by atoms with Crippen molar-refractivity contribution in [3.63, 3.8) is 0 Å². The average molecular weight is 781 g/mol. The maximum absolute atomic E-state index is 13.0. The lowest BCUT2D eigenvalue weighted by Crippen LogP contribution is -2.30. The number of rotatable bonds is 8. The highest BCUT2D eigenvalue weighted by atomic mass is 16.6. The molecular weight excluding hydrogens is 725 g/mol.